The highest BCUT2D eigenvalue weighted by molar-refractivity contribution is 6.34. The first-order chi connectivity index (χ1) is 9.13. The Morgan fingerprint density at radius 2 is 2.16 bits per heavy atom. The number of nitrogens with zero attached hydrogens (tertiary/aromatic N) is 2. The van der Waals surface area contributed by atoms with Crippen LogP contribution in [0.3, 0.4) is 0 Å². The van der Waals surface area contributed by atoms with Crippen LogP contribution in [0, 0.1) is 17.1 Å². The Hall–Kier alpha value is -2.25. The van der Waals surface area contributed by atoms with E-state index in [0.29, 0.717) is 5.69 Å². The molecule has 19 heavy (non-hydrogen) atoms. The monoisotopic (exact) mass is 274 g/mol. The third-order valence-corrected chi connectivity index (χ3v) is 2.88. The fraction of sp³-hybridized carbons (Fsp3) is 0.0714. The molecule has 0 amide bonds. The first-order valence-corrected chi connectivity index (χ1v) is 5.81. The average molecular weight is 275 g/mol. The predicted octanol–water partition coefficient (Wildman–Crippen LogP) is 3.36. The van der Waals surface area contributed by atoms with E-state index in [0.717, 1.165) is 12.1 Å². The first kappa shape index (κ1) is 13.2. The van der Waals surface area contributed by atoms with Crippen LogP contribution >= 0.6 is 11.6 Å². The summed E-state index contributed by atoms with van der Waals surface area (Å²) in [6, 6.07) is 10.3. The van der Waals surface area contributed by atoms with Crippen molar-refractivity contribution in [1.82, 2.24) is 4.98 Å². The molecule has 5 heteroatoms. The Bertz CT molecular complexity index is 652. The SMILES string of the molecule is N#C[C@@H](C(=O)c1ccc(F)cc1Cl)c1ccccn1. The number of ketones is 1. The summed E-state index contributed by atoms with van der Waals surface area (Å²) < 4.78 is 12.9. The van der Waals surface area contributed by atoms with Gasteiger partial charge in [0.1, 0.15) is 5.82 Å². The highest BCUT2D eigenvalue weighted by atomic mass is 35.5. The third-order valence-electron chi connectivity index (χ3n) is 2.57. The number of Topliss-reactive ketones (excluding diaryl/α,β-unsaturated/α-hetero) is 1. The van der Waals surface area contributed by atoms with Crippen molar-refractivity contribution in [2.24, 2.45) is 0 Å². The molecule has 0 aliphatic heterocycles. The highest BCUT2D eigenvalue weighted by Crippen LogP contribution is 2.24. The second-order valence-electron chi connectivity index (χ2n) is 3.81. The predicted molar refractivity (Wildman–Crippen MR) is 68.3 cm³/mol. The standard InChI is InChI=1S/C14H8ClFN2O/c15-12-7-9(16)4-5-10(12)14(19)11(8-17)13-3-1-2-6-18-13/h1-7,11H/t11-/m1/s1. The molecule has 0 bridgehead atoms. The van der Waals surface area contributed by atoms with Gasteiger partial charge in [-0.2, -0.15) is 5.26 Å². The smallest absolute Gasteiger partial charge is 0.187 e. The molecule has 0 fully saturated rings. The van der Waals surface area contributed by atoms with Crippen LogP contribution in [0.1, 0.15) is 22.0 Å². The molecule has 2 rings (SSSR count). The van der Waals surface area contributed by atoms with Crippen LogP contribution in [0.4, 0.5) is 4.39 Å². The number of pyridine rings is 1. The van der Waals surface area contributed by atoms with Gasteiger partial charge < -0.3 is 0 Å². The van der Waals surface area contributed by atoms with Gasteiger partial charge in [0.15, 0.2) is 11.7 Å². The summed E-state index contributed by atoms with van der Waals surface area (Å²) in [5.41, 5.74) is 0.454. The number of nitriles is 1. The maximum absolute atomic E-state index is 12.9. The topological polar surface area (TPSA) is 53.8 Å². The zero-order valence-electron chi connectivity index (χ0n) is 9.68. The number of carbonyl (C=O) groups is 1. The number of halogens is 2. The Balaban J connectivity index is 2.40. The first-order valence-electron chi connectivity index (χ1n) is 5.43. The summed E-state index contributed by atoms with van der Waals surface area (Å²) in [6.45, 7) is 0. The number of rotatable bonds is 3. The van der Waals surface area contributed by atoms with Gasteiger partial charge in [-0.15, -0.1) is 0 Å². The number of carbonyl (C=O) groups excluding carboxylic acids is 1. The third kappa shape index (κ3) is 2.78. The molecule has 0 saturated carbocycles. The van der Waals surface area contributed by atoms with Gasteiger partial charge in [-0.3, -0.25) is 9.78 Å². The van der Waals surface area contributed by atoms with Crippen LogP contribution in [0.15, 0.2) is 42.6 Å². The number of aromatic nitrogens is 1. The van der Waals surface area contributed by atoms with Crippen molar-refractivity contribution in [1.29, 1.82) is 5.26 Å². The van der Waals surface area contributed by atoms with E-state index in [1.54, 1.807) is 18.2 Å². The lowest BCUT2D eigenvalue weighted by atomic mass is 9.95. The Labute approximate surface area is 114 Å². The van der Waals surface area contributed by atoms with E-state index in [1.807, 2.05) is 6.07 Å². The van der Waals surface area contributed by atoms with E-state index >= 15 is 0 Å². The minimum atomic E-state index is -1.05. The maximum atomic E-state index is 12.9. The molecule has 0 aliphatic rings. The van der Waals surface area contributed by atoms with Crippen molar-refractivity contribution in [2.75, 3.05) is 0 Å². The van der Waals surface area contributed by atoms with Gasteiger partial charge in [0.2, 0.25) is 0 Å². The highest BCUT2D eigenvalue weighted by Gasteiger charge is 2.24. The molecule has 94 valence electrons. The van der Waals surface area contributed by atoms with Gasteiger partial charge in [0.05, 0.1) is 16.8 Å². The lowest BCUT2D eigenvalue weighted by Gasteiger charge is -2.08. The maximum Gasteiger partial charge on any atom is 0.187 e. The number of hydrogen-bond donors (Lipinski definition) is 0. The van der Waals surface area contributed by atoms with Gasteiger partial charge in [-0.25, -0.2) is 4.39 Å². The van der Waals surface area contributed by atoms with Crippen LogP contribution in [-0.4, -0.2) is 10.8 Å². The zero-order chi connectivity index (χ0) is 13.8. The zero-order valence-corrected chi connectivity index (χ0v) is 10.4. The van der Waals surface area contributed by atoms with E-state index in [-0.39, 0.29) is 10.6 Å². The van der Waals surface area contributed by atoms with Crippen molar-refractivity contribution in [3.05, 3.63) is 64.7 Å². The summed E-state index contributed by atoms with van der Waals surface area (Å²) in [4.78, 5) is 16.2. The average Bonchev–Trinajstić information content (AvgIpc) is 2.40. The summed E-state index contributed by atoms with van der Waals surface area (Å²) in [7, 11) is 0. The Morgan fingerprint density at radius 3 is 2.74 bits per heavy atom. The molecule has 1 atom stereocenters. The summed E-state index contributed by atoms with van der Waals surface area (Å²) in [5.74, 6) is -2.08. The molecule has 1 aromatic carbocycles. The molecular formula is C14H8ClFN2O. The molecule has 3 nitrogen and oxygen atoms in total. The van der Waals surface area contributed by atoms with Crippen LogP contribution in [0.5, 0.6) is 0 Å². The Morgan fingerprint density at radius 1 is 1.37 bits per heavy atom. The Kier molecular flexibility index (Phi) is 3.88. The van der Waals surface area contributed by atoms with Crippen LogP contribution in [0.2, 0.25) is 5.02 Å². The van der Waals surface area contributed by atoms with Crippen LogP contribution in [0.25, 0.3) is 0 Å². The van der Waals surface area contributed by atoms with Gasteiger partial charge in [0, 0.05) is 11.8 Å². The van der Waals surface area contributed by atoms with Crippen LogP contribution < -0.4 is 0 Å². The number of benzene rings is 1. The lowest BCUT2D eigenvalue weighted by Crippen LogP contribution is -2.13. The fourth-order valence-electron chi connectivity index (χ4n) is 1.65. The van der Waals surface area contributed by atoms with Crippen LogP contribution in [-0.2, 0) is 0 Å². The van der Waals surface area contributed by atoms with E-state index in [4.69, 9.17) is 16.9 Å². The summed E-state index contributed by atoms with van der Waals surface area (Å²) >= 11 is 5.82. The van der Waals surface area contributed by atoms with Crippen molar-refractivity contribution in [3.63, 3.8) is 0 Å². The molecule has 1 heterocycles. The van der Waals surface area contributed by atoms with Crippen molar-refractivity contribution in [2.45, 2.75) is 5.92 Å². The van der Waals surface area contributed by atoms with E-state index in [2.05, 4.69) is 4.98 Å². The van der Waals surface area contributed by atoms with Gasteiger partial charge in [-0.05, 0) is 30.3 Å². The minimum absolute atomic E-state index is 0.0128. The van der Waals surface area contributed by atoms with Crippen molar-refractivity contribution in [3.8, 4) is 6.07 Å². The molecule has 2 aromatic rings. The van der Waals surface area contributed by atoms with E-state index < -0.39 is 17.5 Å². The molecule has 0 radical (unpaired) electrons. The second kappa shape index (κ2) is 5.59. The molecule has 0 N–H and O–H groups in total. The molecule has 1 aromatic heterocycles. The van der Waals surface area contributed by atoms with Gasteiger partial charge >= 0.3 is 0 Å². The molecule has 0 saturated heterocycles. The van der Waals surface area contributed by atoms with Gasteiger partial charge in [0.25, 0.3) is 0 Å². The summed E-state index contributed by atoms with van der Waals surface area (Å²) in [6.07, 6.45) is 1.50. The molecule has 0 spiro atoms. The quantitative estimate of drug-likeness (QED) is 0.807. The summed E-state index contributed by atoms with van der Waals surface area (Å²) in [5, 5.41) is 9.12. The number of hydrogen-bond acceptors (Lipinski definition) is 3. The van der Waals surface area contributed by atoms with Gasteiger partial charge in [-0.1, -0.05) is 17.7 Å². The molecule has 0 unspecified atom stereocenters. The van der Waals surface area contributed by atoms with E-state index in [9.17, 15) is 9.18 Å². The minimum Gasteiger partial charge on any atom is -0.292 e. The van der Waals surface area contributed by atoms with Crippen molar-refractivity contribution >= 4 is 17.4 Å². The largest absolute Gasteiger partial charge is 0.292 e. The fourth-order valence-corrected chi connectivity index (χ4v) is 1.91. The normalized spacial score (nSPS) is 11.6. The van der Waals surface area contributed by atoms with Crippen molar-refractivity contribution < 1.29 is 9.18 Å². The lowest BCUT2D eigenvalue weighted by molar-refractivity contribution is 0.0977. The molecular weight excluding hydrogens is 267 g/mol. The van der Waals surface area contributed by atoms with E-state index in [1.165, 1.54) is 12.3 Å². The molecule has 0 aliphatic carbocycles. The second-order valence-corrected chi connectivity index (χ2v) is 4.21.